The molecule has 0 bridgehead atoms. The molecule has 4 unspecified atom stereocenters. The molecule has 2 aromatic rings. The zero-order valence-corrected chi connectivity index (χ0v) is 16.6. The van der Waals surface area contributed by atoms with E-state index in [0.717, 1.165) is 17.5 Å². The molecule has 4 heterocycles. The van der Waals surface area contributed by atoms with Crippen molar-refractivity contribution in [2.75, 3.05) is 5.32 Å². The van der Waals surface area contributed by atoms with Crippen LogP contribution in [0.5, 0.6) is 0 Å². The predicted octanol–water partition coefficient (Wildman–Crippen LogP) is 4.79. The van der Waals surface area contributed by atoms with Gasteiger partial charge in [-0.2, -0.15) is 18.3 Å². The predicted molar refractivity (Wildman–Crippen MR) is 100 cm³/mol. The highest BCUT2D eigenvalue weighted by atomic mass is 19.4. The number of nitrogens with one attached hydrogen (secondary N) is 1. The number of furan rings is 1. The number of piperidine rings is 1. The van der Waals surface area contributed by atoms with Crippen molar-refractivity contribution in [2.45, 2.75) is 70.4 Å². The Labute approximate surface area is 167 Å². The normalized spacial score (nSPS) is 30.0. The number of carbonyl (C=O) groups excluding carboxylic acids is 1. The standard InChI is InChI=1S/C20H25F3N4O2/c1-11-7-12(2)26(13(3)8-11)19(28)15-10-18-24-14(16-5-4-6-29-16)9-17(20(21,22)23)27(18)25-15/h4-6,10-14,17,24H,7-9H2,1-3H3. The number of fused-ring (bicyclic) bond motifs is 1. The number of aromatic nitrogens is 2. The quantitative estimate of drug-likeness (QED) is 0.774. The highest BCUT2D eigenvalue weighted by molar-refractivity contribution is 5.93. The fourth-order valence-corrected chi connectivity index (χ4v) is 4.81. The van der Waals surface area contributed by atoms with Gasteiger partial charge < -0.3 is 14.6 Å². The highest BCUT2D eigenvalue weighted by Gasteiger charge is 2.47. The van der Waals surface area contributed by atoms with Crippen molar-refractivity contribution in [1.29, 1.82) is 0 Å². The number of amides is 1. The van der Waals surface area contributed by atoms with Crippen molar-refractivity contribution in [2.24, 2.45) is 5.92 Å². The molecule has 0 saturated carbocycles. The minimum absolute atomic E-state index is 0.0159. The average molecular weight is 410 g/mol. The van der Waals surface area contributed by atoms with E-state index in [1.54, 1.807) is 17.0 Å². The Bertz CT molecular complexity index is 865. The third-order valence-electron chi connectivity index (χ3n) is 5.97. The van der Waals surface area contributed by atoms with Crippen LogP contribution in [0.2, 0.25) is 0 Å². The van der Waals surface area contributed by atoms with Crippen molar-refractivity contribution < 1.29 is 22.4 Å². The third-order valence-corrected chi connectivity index (χ3v) is 5.97. The summed E-state index contributed by atoms with van der Waals surface area (Å²) in [5, 5.41) is 7.13. The molecule has 0 aliphatic carbocycles. The lowest BCUT2D eigenvalue weighted by Gasteiger charge is -2.41. The van der Waals surface area contributed by atoms with Crippen LogP contribution in [0.3, 0.4) is 0 Å². The number of halogens is 3. The molecule has 1 fully saturated rings. The molecule has 1 saturated heterocycles. The number of anilines is 1. The summed E-state index contributed by atoms with van der Waals surface area (Å²) in [5.41, 5.74) is 0.0371. The Morgan fingerprint density at radius 1 is 1.21 bits per heavy atom. The minimum Gasteiger partial charge on any atom is -0.467 e. The summed E-state index contributed by atoms with van der Waals surface area (Å²) in [4.78, 5) is 14.9. The first-order valence-electron chi connectivity index (χ1n) is 9.94. The van der Waals surface area contributed by atoms with Gasteiger partial charge in [0.05, 0.1) is 12.3 Å². The molecule has 0 aromatic carbocycles. The summed E-state index contributed by atoms with van der Waals surface area (Å²) in [6.45, 7) is 6.10. The smallest absolute Gasteiger partial charge is 0.410 e. The van der Waals surface area contributed by atoms with Crippen LogP contribution in [-0.2, 0) is 0 Å². The molecule has 29 heavy (non-hydrogen) atoms. The molecule has 158 valence electrons. The Hall–Kier alpha value is -2.45. The number of nitrogens with zero attached hydrogens (tertiary/aromatic N) is 3. The molecular formula is C20H25F3N4O2. The van der Waals surface area contributed by atoms with Gasteiger partial charge in [0.15, 0.2) is 11.7 Å². The van der Waals surface area contributed by atoms with Crippen LogP contribution >= 0.6 is 0 Å². The van der Waals surface area contributed by atoms with Crippen LogP contribution in [0.4, 0.5) is 19.0 Å². The third kappa shape index (κ3) is 3.62. The molecule has 6 nitrogen and oxygen atoms in total. The molecule has 4 atom stereocenters. The van der Waals surface area contributed by atoms with Crippen molar-refractivity contribution in [3.8, 4) is 0 Å². The van der Waals surface area contributed by atoms with E-state index in [1.807, 2.05) is 13.8 Å². The largest absolute Gasteiger partial charge is 0.467 e. The van der Waals surface area contributed by atoms with Crippen LogP contribution in [0.1, 0.15) is 68.4 Å². The van der Waals surface area contributed by atoms with Gasteiger partial charge in [-0.15, -0.1) is 0 Å². The minimum atomic E-state index is -4.49. The molecule has 2 aromatic heterocycles. The highest BCUT2D eigenvalue weighted by Crippen LogP contribution is 2.44. The van der Waals surface area contributed by atoms with Crippen LogP contribution in [0.15, 0.2) is 28.9 Å². The fraction of sp³-hybridized carbons (Fsp3) is 0.600. The Morgan fingerprint density at radius 3 is 2.48 bits per heavy atom. The van der Waals surface area contributed by atoms with Crippen LogP contribution < -0.4 is 5.32 Å². The monoisotopic (exact) mass is 410 g/mol. The van der Waals surface area contributed by atoms with Gasteiger partial charge in [-0.05, 0) is 44.7 Å². The first-order valence-corrected chi connectivity index (χ1v) is 9.94. The van der Waals surface area contributed by atoms with E-state index >= 15 is 0 Å². The van der Waals surface area contributed by atoms with E-state index in [-0.39, 0.29) is 35.9 Å². The molecule has 0 spiro atoms. The molecule has 1 N–H and O–H groups in total. The van der Waals surface area contributed by atoms with Crippen molar-refractivity contribution in [1.82, 2.24) is 14.7 Å². The number of rotatable bonds is 2. The summed E-state index contributed by atoms with van der Waals surface area (Å²) in [7, 11) is 0. The van der Waals surface area contributed by atoms with Gasteiger partial charge in [0.1, 0.15) is 11.6 Å². The van der Waals surface area contributed by atoms with E-state index < -0.39 is 18.3 Å². The average Bonchev–Trinajstić information content (AvgIpc) is 3.28. The van der Waals surface area contributed by atoms with Gasteiger partial charge in [-0.1, -0.05) is 6.92 Å². The summed E-state index contributed by atoms with van der Waals surface area (Å²) < 4.78 is 47.5. The second-order valence-corrected chi connectivity index (χ2v) is 8.35. The Kier molecular flexibility index (Phi) is 4.86. The van der Waals surface area contributed by atoms with E-state index in [1.165, 1.54) is 12.3 Å². The van der Waals surface area contributed by atoms with Crippen molar-refractivity contribution >= 4 is 11.7 Å². The number of hydrogen-bond acceptors (Lipinski definition) is 4. The van der Waals surface area contributed by atoms with E-state index in [0.29, 0.717) is 11.7 Å². The lowest BCUT2D eigenvalue weighted by molar-refractivity contribution is -0.174. The summed E-state index contributed by atoms with van der Waals surface area (Å²) >= 11 is 0. The fourth-order valence-electron chi connectivity index (χ4n) is 4.81. The molecule has 0 radical (unpaired) electrons. The second kappa shape index (κ2) is 7.11. The van der Waals surface area contributed by atoms with Crippen LogP contribution in [0, 0.1) is 5.92 Å². The van der Waals surface area contributed by atoms with Gasteiger partial charge in [-0.3, -0.25) is 4.79 Å². The number of likely N-dealkylation sites (tertiary alicyclic amines) is 1. The lowest BCUT2D eigenvalue weighted by atomic mass is 9.88. The van der Waals surface area contributed by atoms with Gasteiger partial charge in [0.2, 0.25) is 0 Å². The summed E-state index contributed by atoms with van der Waals surface area (Å²) in [6.07, 6.45) is -1.58. The first-order chi connectivity index (χ1) is 13.6. The van der Waals surface area contributed by atoms with E-state index in [9.17, 15) is 18.0 Å². The number of hydrogen-bond donors (Lipinski definition) is 1. The topological polar surface area (TPSA) is 63.3 Å². The number of alkyl halides is 3. The maximum atomic E-state index is 13.8. The summed E-state index contributed by atoms with van der Waals surface area (Å²) in [6, 6.07) is 2.27. The van der Waals surface area contributed by atoms with E-state index in [4.69, 9.17) is 4.42 Å². The van der Waals surface area contributed by atoms with Crippen molar-refractivity contribution in [3.05, 3.63) is 35.9 Å². The zero-order chi connectivity index (χ0) is 20.9. The second-order valence-electron chi connectivity index (χ2n) is 8.35. The van der Waals surface area contributed by atoms with Gasteiger partial charge in [0, 0.05) is 24.6 Å². The first kappa shape index (κ1) is 19.8. The Balaban J connectivity index is 1.66. The van der Waals surface area contributed by atoms with Crippen molar-refractivity contribution in [3.63, 3.8) is 0 Å². The molecule has 2 aliphatic heterocycles. The molecule has 9 heteroatoms. The summed E-state index contributed by atoms with van der Waals surface area (Å²) in [5.74, 6) is 0.779. The van der Waals surface area contributed by atoms with Gasteiger partial charge >= 0.3 is 6.18 Å². The lowest BCUT2D eigenvalue weighted by Crippen LogP contribution is -2.49. The van der Waals surface area contributed by atoms with Crippen LogP contribution in [-0.4, -0.2) is 38.8 Å². The maximum Gasteiger partial charge on any atom is 0.410 e. The van der Waals surface area contributed by atoms with Gasteiger partial charge in [-0.25, -0.2) is 4.68 Å². The maximum absolute atomic E-state index is 13.8. The Morgan fingerprint density at radius 2 is 1.90 bits per heavy atom. The van der Waals surface area contributed by atoms with Gasteiger partial charge in [0.25, 0.3) is 5.91 Å². The molecular weight excluding hydrogens is 385 g/mol. The SMILES string of the molecule is CC1CC(C)N(C(=O)c2cc3n(n2)C(C(F)(F)F)CC(c2ccco2)N3)C(C)C1. The van der Waals surface area contributed by atoms with Crippen LogP contribution in [0.25, 0.3) is 0 Å². The molecule has 1 amide bonds. The number of carbonyl (C=O) groups is 1. The molecule has 4 rings (SSSR count). The zero-order valence-electron chi connectivity index (χ0n) is 16.6. The van der Waals surface area contributed by atoms with E-state index in [2.05, 4.69) is 17.3 Å². The molecule has 2 aliphatic rings.